The molecule has 4 heteroatoms. The minimum absolute atomic E-state index is 0.00651. The standard InChI is InChI=1S/C77H81NO3/c1-7-10-11-12-13-14-15-16-71(78-69(79)37-38-70(78)80)81-60-31-25-53(26-32-60)52-21-23-55(24-22-52)56-27-33-61-62-35-29-58(49-66(62)76(65(61)47-56)72(5)39-41-73(76,6)42-40-72)59-30-36-64-63-34-28-57(54-19-17-51(4)18-20-54)48-67(63)77(68(64)50-59)74(8-2)43-45-75(77,9-3)46-44-74/h17-38,47-50,71H,7-16,39-46H2,1-6H3. The summed E-state index contributed by atoms with van der Waals surface area (Å²) in [6.45, 7) is 14.7. The van der Waals surface area contributed by atoms with Gasteiger partial charge in [0, 0.05) is 29.4 Å². The second kappa shape index (κ2) is 19.4. The predicted octanol–water partition coefficient (Wildman–Crippen LogP) is 19.9. The Labute approximate surface area is 482 Å². The van der Waals surface area contributed by atoms with E-state index in [1.165, 1.54) is 174 Å². The molecule has 7 aromatic carbocycles. The van der Waals surface area contributed by atoms with Crippen molar-refractivity contribution in [1.29, 1.82) is 0 Å². The highest BCUT2D eigenvalue weighted by molar-refractivity contribution is 6.13. The number of amides is 2. The van der Waals surface area contributed by atoms with Crippen LogP contribution in [-0.4, -0.2) is 22.9 Å². The quantitative estimate of drug-likeness (QED) is 0.0674. The molecule has 7 aromatic rings. The first-order valence-electron chi connectivity index (χ1n) is 31.4. The summed E-state index contributed by atoms with van der Waals surface area (Å²) < 4.78 is 6.44. The van der Waals surface area contributed by atoms with Crippen LogP contribution in [-0.2, 0) is 20.4 Å². The van der Waals surface area contributed by atoms with Gasteiger partial charge in [0.1, 0.15) is 5.75 Å². The Balaban J connectivity index is 0.777. The molecular formula is C77H81NO3. The highest BCUT2D eigenvalue weighted by Crippen LogP contribution is 2.81. The number of aryl methyl sites for hydroxylation is 1. The number of rotatable bonds is 17. The number of fused-ring (bicyclic) bond motifs is 6. The number of carbonyl (C=O) groups is 2. The molecule has 412 valence electrons. The van der Waals surface area contributed by atoms with E-state index in [0.717, 1.165) is 30.4 Å². The minimum atomic E-state index is -0.629. The average Bonchev–Trinajstić information content (AvgIpc) is 1.90. The van der Waals surface area contributed by atoms with Crippen molar-refractivity contribution in [2.75, 3.05) is 0 Å². The Bertz CT molecular complexity index is 3600. The van der Waals surface area contributed by atoms with E-state index < -0.39 is 6.23 Å². The summed E-state index contributed by atoms with van der Waals surface area (Å²) in [6.07, 6.45) is 23.5. The summed E-state index contributed by atoms with van der Waals surface area (Å²) in [5.41, 5.74) is 24.3. The third-order valence-electron chi connectivity index (χ3n) is 23.2. The van der Waals surface area contributed by atoms with Gasteiger partial charge in [0.2, 0.25) is 0 Å². The zero-order valence-corrected chi connectivity index (χ0v) is 49.0. The van der Waals surface area contributed by atoms with Crippen molar-refractivity contribution >= 4 is 11.8 Å². The fourth-order valence-electron chi connectivity index (χ4n) is 19.1. The van der Waals surface area contributed by atoms with E-state index in [1.54, 1.807) is 16.7 Å². The smallest absolute Gasteiger partial charge is 0.256 e. The van der Waals surface area contributed by atoms with Gasteiger partial charge >= 0.3 is 0 Å². The normalized spacial score (nSPS) is 27.2. The van der Waals surface area contributed by atoms with Crippen molar-refractivity contribution in [3.63, 3.8) is 0 Å². The third kappa shape index (κ3) is 7.45. The topological polar surface area (TPSA) is 46.6 Å². The van der Waals surface area contributed by atoms with Crippen molar-refractivity contribution in [2.24, 2.45) is 21.7 Å². The lowest BCUT2D eigenvalue weighted by Gasteiger charge is -2.47. The van der Waals surface area contributed by atoms with E-state index in [4.69, 9.17) is 4.74 Å². The number of nitrogens with zero attached hydrogens (tertiary/aromatic N) is 1. The first-order valence-corrected chi connectivity index (χ1v) is 31.4. The molecule has 1 unspecified atom stereocenters. The van der Waals surface area contributed by atoms with Gasteiger partial charge in [-0.1, -0.05) is 188 Å². The molecule has 81 heavy (non-hydrogen) atoms. The predicted molar refractivity (Wildman–Crippen MR) is 332 cm³/mol. The number of hydrogen-bond donors (Lipinski definition) is 0. The summed E-state index contributed by atoms with van der Waals surface area (Å²) >= 11 is 0. The summed E-state index contributed by atoms with van der Waals surface area (Å²) in [5.74, 6) is 0.0542. The Kier molecular flexibility index (Phi) is 12.5. The van der Waals surface area contributed by atoms with Gasteiger partial charge in [-0.15, -0.1) is 0 Å². The number of hydrogen-bond acceptors (Lipinski definition) is 3. The van der Waals surface area contributed by atoms with Gasteiger partial charge in [0.15, 0.2) is 6.23 Å². The fourth-order valence-corrected chi connectivity index (χ4v) is 19.1. The molecule has 0 radical (unpaired) electrons. The number of unbranched alkanes of at least 4 members (excludes halogenated alkanes) is 6. The highest BCUT2D eigenvalue weighted by atomic mass is 16.5. The van der Waals surface area contributed by atoms with Gasteiger partial charge in [-0.25, -0.2) is 4.90 Å². The molecular weight excluding hydrogens is 987 g/mol. The first kappa shape index (κ1) is 52.3. The van der Waals surface area contributed by atoms with Crippen LogP contribution in [0, 0.1) is 28.6 Å². The van der Waals surface area contributed by atoms with Gasteiger partial charge < -0.3 is 4.74 Å². The number of carbonyl (C=O) groups excluding carboxylic acids is 2. The molecule has 0 aromatic heterocycles. The average molecular weight is 1070 g/mol. The molecule has 4 saturated carbocycles. The van der Waals surface area contributed by atoms with Gasteiger partial charge in [0.05, 0.1) is 0 Å². The monoisotopic (exact) mass is 1070 g/mol. The Morgan fingerprint density at radius 1 is 0.420 bits per heavy atom. The van der Waals surface area contributed by atoms with Crippen molar-refractivity contribution in [3.8, 4) is 72.5 Å². The van der Waals surface area contributed by atoms with Crippen LogP contribution < -0.4 is 4.74 Å². The van der Waals surface area contributed by atoms with Crippen molar-refractivity contribution in [2.45, 2.75) is 174 Å². The lowest BCUT2D eigenvalue weighted by atomic mass is 9.55. The largest absolute Gasteiger partial charge is 0.470 e. The summed E-state index contributed by atoms with van der Waals surface area (Å²) in [6, 6.07) is 56.8. The van der Waals surface area contributed by atoms with Crippen LogP contribution in [0.1, 0.15) is 178 Å². The lowest BCUT2D eigenvalue weighted by molar-refractivity contribution is -0.146. The Morgan fingerprint density at radius 2 is 0.765 bits per heavy atom. The third-order valence-corrected chi connectivity index (χ3v) is 23.2. The molecule has 0 N–H and O–H groups in total. The fraction of sp³-hybridized carbons (Fsp3) is 0.403. The van der Waals surface area contributed by atoms with Gasteiger partial charge in [-0.2, -0.15) is 0 Å². The SMILES string of the molecule is CCCCCCCCCC(Oc1ccc(-c2ccc(-c3ccc4c(c3)C3(c5cc(-c6ccc7c(c6)C6(c8cc(-c9ccc(C)cc9)ccc8-7)C7(CC)CCC6(CC)CC7)ccc5-4)C4(C)CCC3(C)CC4)cc2)cc1)N1C(=O)C=CC1=O. The molecule has 1 heterocycles. The first-order chi connectivity index (χ1) is 39.3. The number of imide groups is 1. The van der Waals surface area contributed by atoms with Crippen LogP contribution in [0.5, 0.6) is 5.75 Å². The molecule has 4 nitrogen and oxygen atoms in total. The van der Waals surface area contributed by atoms with E-state index in [2.05, 4.69) is 175 Å². The van der Waals surface area contributed by atoms with Crippen molar-refractivity contribution in [3.05, 3.63) is 186 Å². The molecule has 2 amide bonds. The maximum atomic E-state index is 12.8. The molecule has 4 fully saturated rings. The molecule has 2 spiro atoms. The molecule has 7 aliphatic rings. The van der Waals surface area contributed by atoms with E-state index in [-0.39, 0.29) is 44.3 Å². The van der Waals surface area contributed by atoms with E-state index in [9.17, 15) is 9.59 Å². The van der Waals surface area contributed by atoms with Crippen LogP contribution in [0.4, 0.5) is 0 Å². The lowest BCUT2D eigenvalue weighted by Crippen LogP contribution is -2.45. The number of ether oxygens (including phenoxy) is 1. The van der Waals surface area contributed by atoms with Crippen LogP contribution in [0.3, 0.4) is 0 Å². The zero-order chi connectivity index (χ0) is 55.5. The highest BCUT2D eigenvalue weighted by Gasteiger charge is 2.74. The number of benzene rings is 7. The minimum Gasteiger partial charge on any atom is -0.470 e. The van der Waals surface area contributed by atoms with Crippen molar-refractivity contribution in [1.82, 2.24) is 4.90 Å². The van der Waals surface area contributed by atoms with Crippen LogP contribution >= 0.6 is 0 Å². The molecule has 4 bridgehead atoms. The summed E-state index contributed by atoms with van der Waals surface area (Å²) in [4.78, 5) is 26.9. The van der Waals surface area contributed by atoms with E-state index >= 15 is 0 Å². The summed E-state index contributed by atoms with van der Waals surface area (Å²) in [7, 11) is 0. The molecule has 6 aliphatic carbocycles. The van der Waals surface area contributed by atoms with Gasteiger partial charge in [-0.3, -0.25) is 9.59 Å². The Morgan fingerprint density at radius 3 is 1.19 bits per heavy atom. The van der Waals surface area contributed by atoms with Gasteiger partial charge in [-0.05, 0) is 225 Å². The van der Waals surface area contributed by atoms with Crippen molar-refractivity contribution < 1.29 is 14.3 Å². The molecule has 1 aliphatic heterocycles. The maximum Gasteiger partial charge on any atom is 0.256 e. The summed E-state index contributed by atoms with van der Waals surface area (Å²) in [5, 5.41) is 0. The Hall–Kier alpha value is -6.78. The second-order valence-corrected chi connectivity index (χ2v) is 26.8. The zero-order valence-electron chi connectivity index (χ0n) is 49.0. The van der Waals surface area contributed by atoms with Crippen LogP contribution in [0.25, 0.3) is 66.8 Å². The molecule has 0 saturated heterocycles. The van der Waals surface area contributed by atoms with E-state index in [1.807, 2.05) is 12.1 Å². The van der Waals surface area contributed by atoms with Gasteiger partial charge in [0.25, 0.3) is 11.8 Å². The van der Waals surface area contributed by atoms with Crippen LogP contribution in [0.2, 0.25) is 0 Å². The van der Waals surface area contributed by atoms with Crippen LogP contribution in [0.15, 0.2) is 158 Å². The molecule has 1 atom stereocenters. The second-order valence-electron chi connectivity index (χ2n) is 26.8. The maximum absolute atomic E-state index is 12.8. The molecule has 14 rings (SSSR count). The van der Waals surface area contributed by atoms with E-state index in [0.29, 0.717) is 12.2 Å².